The van der Waals surface area contributed by atoms with Crippen molar-refractivity contribution < 1.29 is 0 Å². The number of fused-ring (bicyclic) bond motifs is 1. The minimum atomic E-state index is 0.889. The highest BCUT2D eigenvalue weighted by Gasteiger charge is 2.06. The van der Waals surface area contributed by atoms with Crippen molar-refractivity contribution in [2.75, 3.05) is 5.32 Å². The topological polar surface area (TPSA) is 24.9 Å². The molecule has 2 heteroatoms. The summed E-state index contributed by atoms with van der Waals surface area (Å²) >= 11 is 0. The number of aromatic nitrogens is 1. The molecule has 0 saturated heterocycles. The van der Waals surface area contributed by atoms with E-state index < -0.39 is 0 Å². The molecule has 0 spiro atoms. The van der Waals surface area contributed by atoms with E-state index in [1.807, 2.05) is 38.3 Å². The molecular formula is C11H14N2. The Bertz CT molecular complexity index is 327. The summed E-state index contributed by atoms with van der Waals surface area (Å²) in [7, 11) is 0. The fourth-order valence-electron chi connectivity index (χ4n) is 1.09. The van der Waals surface area contributed by atoms with Gasteiger partial charge in [0.25, 0.3) is 0 Å². The van der Waals surface area contributed by atoms with Gasteiger partial charge in [-0.1, -0.05) is 20.4 Å². The summed E-state index contributed by atoms with van der Waals surface area (Å²) < 4.78 is 0. The Morgan fingerprint density at radius 1 is 1.38 bits per heavy atom. The van der Waals surface area contributed by atoms with E-state index in [-0.39, 0.29) is 0 Å². The van der Waals surface area contributed by atoms with Crippen LogP contribution < -0.4 is 5.32 Å². The van der Waals surface area contributed by atoms with Gasteiger partial charge in [0.2, 0.25) is 0 Å². The van der Waals surface area contributed by atoms with Crippen LogP contribution in [0.3, 0.4) is 0 Å². The van der Waals surface area contributed by atoms with Gasteiger partial charge in [0.05, 0.1) is 0 Å². The van der Waals surface area contributed by atoms with Crippen LogP contribution in [0, 0.1) is 0 Å². The molecule has 1 aromatic rings. The lowest BCUT2D eigenvalue weighted by molar-refractivity contribution is 1.28. The Hall–Kier alpha value is -1.57. The van der Waals surface area contributed by atoms with Crippen molar-refractivity contribution in [1.29, 1.82) is 0 Å². The van der Waals surface area contributed by atoms with Gasteiger partial charge in [0.1, 0.15) is 5.82 Å². The van der Waals surface area contributed by atoms with Gasteiger partial charge in [-0.3, -0.25) is 0 Å². The third kappa shape index (κ3) is 1.96. The highest BCUT2D eigenvalue weighted by Crippen LogP contribution is 2.24. The lowest BCUT2D eigenvalue weighted by atomic mass is 10.1. The molecule has 0 saturated carbocycles. The lowest BCUT2D eigenvalue weighted by Crippen LogP contribution is -2.00. The van der Waals surface area contributed by atoms with E-state index >= 15 is 0 Å². The first-order valence-electron chi connectivity index (χ1n) is 4.45. The molecule has 68 valence electrons. The number of nitrogens with one attached hydrogen (secondary N) is 1. The van der Waals surface area contributed by atoms with Crippen LogP contribution in [0.1, 0.15) is 19.4 Å². The summed E-state index contributed by atoms with van der Waals surface area (Å²) in [6.07, 6.45) is 5.54. The maximum Gasteiger partial charge on any atom is 0.137 e. The number of hydrogen-bond acceptors (Lipinski definition) is 2. The molecular weight excluding hydrogens is 160 g/mol. The zero-order chi connectivity index (χ0) is 9.68. The van der Waals surface area contributed by atoms with Crippen molar-refractivity contribution >= 4 is 11.4 Å². The summed E-state index contributed by atoms with van der Waals surface area (Å²) in [5.74, 6) is 0.889. The second-order valence-electron chi connectivity index (χ2n) is 2.40. The summed E-state index contributed by atoms with van der Waals surface area (Å²) in [4.78, 5) is 4.15. The molecule has 0 amide bonds. The number of allylic oxidation sites excluding steroid dienone is 2. The van der Waals surface area contributed by atoms with Crippen molar-refractivity contribution in [2.45, 2.75) is 13.8 Å². The average molecular weight is 174 g/mol. The molecule has 1 aliphatic rings. The van der Waals surface area contributed by atoms with Crippen LogP contribution in [0.15, 0.2) is 37.2 Å². The van der Waals surface area contributed by atoms with Gasteiger partial charge in [0.15, 0.2) is 0 Å². The summed E-state index contributed by atoms with van der Waals surface area (Å²) in [6, 6.07) is 3.91. The molecule has 13 heavy (non-hydrogen) atoms. The van der Waals surface area contributed by atoms with Gasteiger partial charge in [-0.05, 0) is 23.8 Å². The van der Waals surface area contributed by atoms with E-state index in [0.717, 1.165) is 17.0 Å². The highest BCUT2D eigenvalue weighted by molar-refractivity contribution is 5.82. The molecule has 1 N–H and O–H groups in total. The van der Waals surface area contributed by atoms with Gasteiger partial charge in [-0.2, -0.15) is 0 Å². The Morgan fingerprint density at radius 3 is 2.85 bits per heavy atom. The van der Waals surface area contributed by atoms with Crippen LogP contribution in [0.2, 0.25) is 0 Å². The SMILES string of the molecule is C=C1C=CNc2ncccc21.CC. The van der Waals surface area contributed by atoms with Gasteiger partial charge >= 0.3 is 0 Å². The van der Waals surface area contributed by atoms with Crippen LogP contribution in [0.4, 0.5) is 5.82 Å². The quantitative estimate of drug-likeness (QED) is 0.653. The summed E-state index contributed by atoms with van der Waals surface area (Å²) in [5.41, 5.74) is 2.09. The summed E-state index contributed by atoms with van der Waals surface area (Å²) in [6.45, 7) is 7.89. The second kappa shape index (κ2) is 4.45. The Morgan fingerprint density at radius 2 is 2.15 bits per heavy atom. The standard InChI is InChI=1S/C9H8N2.C2H6/c1-7-4-6-11-9-8(7)3-2-5-10-9;1-2/h2-6H,1H2,(H,10,11);1-2H3. The van der Waals surface area contributed by atoms with E-state index in [1.165, 1.54) is 0 Å². The first-order valence-corrected chi connectivity index (χ1v) is 4.45. The number of pyridine rings is 1. The monoisotopic (exact) mass is 174 g/mol. The normalized spacial score (nSPS) is 12.3. The van der Waals surface area contributed by atoms with E-state index in [4.69, 9.17) is 0 Å². The molecule has 2 nitrogen and oxygen atoms in total. The fourth-order valence-corrected chi connectivity index (χ4v) is 1.09. The minimum Gasteiger partial charge on any atom is -0.346 e. The Balaban J connectivity index is 0.000000396. The Labute approximate surface area is 79.0 Å². The number of rotatable bonds is 0. The molecule has 0 aromatic carbocycles. The number of anilines is 1. The van der Waals surface area contributed by atoms with Crippen LogP contribution in [-0.2, 0) is 0 Å². The van der Waals surface area contributed by atoms with Crippen LogP contribution in [-0.4, -0.2) is 4.98 Å². The molecule has 2 rings (SSSR count). The predicted molar refractivity (Wildman–Crippen MR) is 57.4 cm³/mol. The first-order chi connectivity index (χ1) is 6.38. The zero-order valence-corrected chi connectivity index (χ0v) is 8.04. The maximum absolute atomic E-state index is 4.15. The van der Waals surface area contributed by atoms with Crippen LogP contribution >= 0.6 is 0 Å². The van der Waals surface area contributed by atoms with Crippen LogP contribution in [0.5, 0.6) is 0 Å². The van der Waals surface area contributed by atoms with Gasteiger partial charge in [-0.25, -0.2) is 4.98 Å². The maximum atomic E-state index is 4.15. The fraction of sp³-hybridized carbons (Fsp3) is 0.182. The molecule has 0 atom stereocenters. The lowest BCUT2D eigenvalue weighted by Gasteiger charge is -2.11. The third-order valence-corrected chi connectivity index (χ3v) is 1.66. The van der Waals surface area contributed by atoms with Crippen LogP contribution in [0.25, 0.3) is 5.57 Å². The van der Waals surface area contributed by atoms with Crippen molar-refractivity contribution in [1.82, 2.24) is 4.98 Å². The van der Waals surface area contributed by atoms with Gasteiger partial charge in [0, 0.05) is 18.0 Å². The minimum absolute atomic E-state index is 0.889. The molecule has 0 unspecified atom stereocenters. The number of nitrogens with zero attached hydrogens (tertiary/aromatic N) is 1. The smallest absolute Gasteiger partial charge is 0.137 e. The number of hydrogen-bond donors (Lipinski definition) is 1. The van der Waals surface area contributed by atoms with Crippen molar-refractivity contribution in [3.8, 4) is 0 Å². The first kappa shape index (κ1) is 9.52. The average Bonchev–Trinajstić information content (AvgIpc) is 2.22. The molecule has 1 aromatic heterocycles. The van der Waals surface area contributed by atoms with Crippen molar-refractivity contribution in [3.05, 3.63) is 42.7 Å². The molecule has 2 heterocycles. The van der Waals surface area contributed by atoms with E-state index in [0.29, 0.717) is 0 Å². The third-order valence-electron chi connectivity index (χ3n) is 1.66. The van der Waals surface area contributed by atoms with Gasteiger partial charge < -0.3 is 5.32 Å². The largest absolute Gasteiger partial charge is 0.346 e. The van der Waals surface area contributed by atoms with Gasteiger partial charge in [-0.15, -0.1) is 0 Å². The molecule has 0 radical (unpaired) electrons. The second-order valence-corrected chi connectivity index (χ2v) is 2.40. The van der Waals surface area contributed by atoms with E-state index in [2.05, 4.69) is 16.9 Å². The molecule has 1 aliphatic heterocycles. The molecule has 0 aliphatic carbocycles. The van der Waals surface area contributed by atoms with E-state index in [9.17, 15) is 0 Å². The Kier molecular flexibility index (Phi) is 3.26. The molecule has 0 fully saturated rings. The predicted octanol–water partition coefficient (Wildman–Crippen LogP) is 3.06. The summed E-state index contributed by atoms with van der Waals surface area (Å²) in [5, 5.41) is 3.04. The highest BCUT2D eigenvalue weighted by atomic mass is 15.0. The zero-order valence-electron chi connectivity index (χ0n) is 8.04. The van der Waals surface area contributed by atoms with Crippen molar-refractivity contribution in [2.24, 2.45) is 0 Å². The molecule has 0 bridgehead atoms. The van der Waals surface area contributed by atoms with E-state index in [1.54, 1.807) is 6.20 Å². The van der Waals surface area contributed by atoms with Crippen molar-refractivity contribution in [3.63, 3.8) is 0 Å².